The number of hydrogen-bond acceptors (Lipinski definition) is 4. The molecular weight excluding hydrogens is 380 g/mol. The average molecular weight is 403 g/mol. The van der Waals surface area contributed by atoms with Gasteiger partial charge in [-0.05, 0) is 50.7 Å². The minimum absolute atomic E-state index is 0.104. The van der Waals surface area contributed by atoms with E-state index in [9.17, 15) is 13.2 Å². The molecule has 7 heteroatoms. The highest BCUT2D eigenvalue weighted by Crippen LogP contribution is 2.16. The van der Waals surface area contributed by atoms with E-state index in [1.165, 1.54) is 0 Å². The Morgan fingerprint density at radius 3 is 2.39 bits per heavy atom. The topological polar surface area (TPSA) is 57.7 Å². The summed E-state index contributed by atoms with van der Waals surface area (Å²) in [5.74, 6) is -0.837. The Bertz CT molecular complexity index is 638. The summed E-state index contributed by atoms with van der Waals surface area (Å²) in [7, 11) is 0.314. The molecule has 0 atom stereocenters. The van der Waals surface area contributed by atoms with Crippen molar-refractivity contribution in [1.82, 2.24) is 9.80 Å². The summed E-state index contributed by atoms with van der Waals surface area (Å²) < 4.78 is 25.4. The molecule has 1 aromatic rings. The molecule has 2 rings (SSSR count). The highest BCUT2D eigenvalue weighted by molar-refractivity contribution is 9.10. The number of piperidine rings is 1. The van der Waals surface area contributed by atoms with Gasteiger partial charge in [-0.25, -0.2) is 8.42 Å². The monoisotopic (exact) mass is 402 g/mol. The SMILES string of the molecule is CN1CCC(N(C)C(=O)CS(=O)(=O)Cc2ccc(Br)cc2)CC1. The van der Waals surface area contributed by atoms with E-state index in [1.54, 1.807) is 36.2 Å². The van der Waals surface area contributed by atoms with Gasteiger partial charge < -0.3 is 9.80 Å². The molecule has 0 spiro atoms. The van der Waals surface area contributed by atoms with Gasteiger partial charge in [0.25, 0.3) is 0 Å². The van der Waals surface area contributed by atoms with Gasteiger partial charge >= 0.3 is 0 Å². The van der Waals surface area contributed by atoms with Gasteiger partial charge in [-0.15, -0.1) is 0 Å². The normalized spacial score (nSPS) is 17.2. The predicted octanol–water partition coefficient (Wildman–Crippen LogP) is 1.92. The third-order valence-electron chi connectivity index (χ3n) is 4.27. The fourth-order valence-electron chi connectivity index (χ4n) is 2.76. The van der Waals surface area contributed by atoms with E-state index in [4.69, 9.17) is 0 Å². The Kier molecular flexibility index (Phi) is 6.22. The molecule has 0 saturated carbocycles. The van der Waals surface area contributed by atoms with Crippen molar-refractivity contribution < 1.29 is 13.2 Å². The van der Waals surface area contributed by atoms with Gasteiger partial charge in [0.05, 0.1) is 5.75 Å². The third-order valence-corrected chi connectivity index (χ3v) is 6.26. The minimum Gasteiger partial charge on any atom is -0.342 e. The molecule has 0 bridgehead atoms. The Morgan fingerprint density at radius 2 is 1.83 bits per heavy atom. The Hall–Kier alpha value is -0.920. The van der Waals surface area contributed by atoms with Gasteiger partial charge in [-0.2, -0.15) is 0 Å². The van der Waals surface area contributed by atoms with Crippen molar-refractivity contribution in [3.63, 3.8) is 0 Å². The number of carbonyl (C=O) groups is 1. The molecule has 0 aliphatic carbocycles. The molecule has 23 heavy (non-hydrogen) atoms. The highest BCUT2D eigenvalue weighted by Gasteiger charge is 2.27. The third kappa shape index (κ3) is 5.58. The fraction of sp³-hybridized carbons (Fsp3) is 0.562. The lowest BCUT2D eigenvalue weighted by Gasteiger charge is -2.35. The summed E-state index contributed by atoms with van der Waals surface area (Å²) in [5, 5.41) is 0. The molecule has 0 N–H and O–H groups in total. The van der Waals surface area contributed by atoms with Crippen LogP contribution in [0.25, 0.3) is 0 Å². The van der Waals surface area contributed by atoms with Crippen LogP contribution in [-0.4, -0.2) is 63.1 Å². The van der Waals surface area contributed by atoms with Crippen molar-refractivity contribution in [2.45, 2.75) is 24.6 Å². The number of likely N-dealkylation sites (tertiary alicyclic amines) is 1. The first kappa shape index (κ1) is 18.4. The van der Waals surface area contributed by atoms with Crippen molar-refractivity contribution in [3.05, 3.63) is 34.3 Å². The van der Waals surface area contributed by atoms with Gasteiger partial charge in [0.2, 0.25) is 5.91 Å². The second kappa shape index (κ2) is 7.77. The number of amides is 1. The molecule has 1 heterocycles. The average Bonchev–Trinajstić information content (AvgIpc) is 2.49. The van der Waals surface area contributed by atoms with Crippen molar-refractivity contribution in [3.8, 4) is 0 Å². The summed E-state index contributed by atoms with van der Waals surface area (Å²) in [6.07, 6.45) is 1.79. The number of carbonyl (C=O) groups excluding carboxylic acids is 1. The summed E-state index contributed by atoms with van der Waals surface area (Å²) in [6.45, 7) is 1.88. The quantitative estimate of drug-likeness (QED) is 0.754. The van der Waals surface area contributed by atoms with Gasteiger partial charge in [0, 0.05) is 17.6 Å². The first-order valence-electron chi connectivity index (χ1n) is 7.66. The fourth-order valence-corrected chi connectivity index (χ4v) is 4.41. The van der Waals surface area contributed by atoms with Crippen molar-refractivity contribution in [1.29, 1.82) is 0 Å². The lowest BCUT2D eigenvalue weighted by atomic mass is 10.0. The standard InChI is InChI=1S/C16H23BrN2O3S/c1-18-9-7-15(8-10-18)19(2)16(20)12-23(21,22)11-13-3-5-14(17)6-4-13/h3-6,15H,7-12H2,1-2H3. The van der Waals surface area contributed by atoms with E-state index >= 15 is 0 Å². The van der Waals surface area contributed by atoms with Crippen molar-refractivity contribution in [2.24, 2.45) is 0 Å². The Balaban J connectivity index is 1.93. The van der Waals surface area contributed by atoms with Crippen LogP contribution in [0, 0.1) is 0 Å². The first-order valence-corrected chi connectivity index (χ1v) is 10.3. The maximum absolute atomic E-state index is 12.3. The van der Waals surface area contributed by atoms with Gasteiger partial charge in [-0.3, -0.25) is 4.79 Å². The van der Waals surface area contributed by atoms with Crippen LogP contribution < -0.4 is 0 Å². The highest BCUT2D eigenvalue weighted by atomic mass is 79.9. The number of halogens is 1. The number of sulfone groups is 1. The van der Waals surface area contributed by atoms with E-state index in [0.29, 0.717) is 5.56 Å². The van der Waals surface area contributed by atoms with Gasteiger partial charge in [-0.1, -0.05) is 28.1 Å². The van der Waals surface area contributed by atoms with E-state index in [0.717, 1.165) is 30.4 Å². The van der Waals surface area contributed by atoms with Gasteiger partial charge in [0.15, 0.2) is 9.84 Å². The van der Waals surface area contributed by atoms with Crippen LogP contribution in [-0.2, 0) is 20.4 Å². The summed E-state index contributed by atoms with van der Waals surface area (Å²) in [5.41, 5.74) is 0.697. The molecule has 1 aliphatic heterocycles. The number of nitrogens with zero attached hydrogens (tertiary/aromatic N) is 2. The number of hydrogen-bond donors (Lipinski definition) is 0. The van der Waals surface area contributed by atoms with Gasteiger partial charge in [0.1, 0.15) is 5.75 Å². The maximum atomic E-state index is 12.3. The number of rotatable bonds is 5. The molecule has 0 aromatic heterocycles. The van der Waals surface area contributed by atoms with Crippen LogP contribution >= 0.6 is 15.9 Å². The van der Waals surface area contributed by atoms with Crippen LogP contribution in [0.1, 0.15) is 18.4 Å². The smallest absolute Gasteiger partial charge is 0.237 e. The van der Waals surface area contributed by atoms with Crippen LogP contribution in [0.5, 0.6) is 0 Å². The molecule has 1 saturated heterocycles. The van der Waals surface area contributed by atoms with E-state index in [1.807, 2.05) is 0 Å². The van der Waals surface area contributed by atoms with E-state index in [-0.39, 0.29) is 17.7 Å². The predicted molar refractivity (Wildman–Crippen MR) is 94.9 cm³/mol. The molecule has 1 fully saturated rings. The molecule has 0 radical (unpaired) electrons. The first-order chi connectivity index (χ1) is 10.8. The largest absolute Gasteiger partial charge is 0.342 e. The lowest BCUT2D eigenvalue weighted by molar-refractivity contribution is -0.130. The van der Waals surface area contributed by atoms with E-state index in [2.05, 4.69) is 27.9 Å². The van der Waals surface area contributed by atoms with Crippen LogP contribution in [0.15, 0.2) is 28.7 Å². The van der Waals surface area contributed by atoms with Crippen LogP contribution in [0.2, 0.25) is 0 Å². The molecule has 5 nitrogen and oxygen atoms in total. The minimum atomic E-state index is -3.46. The number of benzene rings is 1. The molecule has 1 aromatic carbocycles. The van der Waals surface area contributed by atoms with E-state index < -0.39 is 15.6 Å². The zero-order chi connectivity index (χ0) is 17.0. The Labute approximate surface area is 146 Å². The molecule has 1 aliphatic rings. The van der Waals surface area contributed by atoms with Crippen molar-refractivity contribution >= 4 is 31.7 Å². The molecule has 128 valence electrons. The zero-order valence-corrected chi connectivity index (χ0v) is 15.9. The zero-order valence-electron chi connectivity index (χ0n) is 13.5. The van der Waals surface area contributed by atoms with Crippen LogP contribution in [0.4, 0.5) is 0 Å². The molecular formula is C16H23BrN2O3S. The molecule has 0 unspecified atom stereocenters. The second-order valence-electron chi connectivity index (χ2n) is 6.20. The summed E-state index contributed by atoms with van der Waals surface area (Å²) in [6, 6.07) is 7.26. The molecule has 1 amide bonds. The Morgan fingerprint density at radius 1 is 1.26 bits per heavy atom. The van der Waals surface area contributed by atoms with Crippen molar-refractivity contribution in [2.75, 3.05) is 32.9 Å². The second-order valence-corrected chi connectivity index (χ2v) is 9.18. The lowest BCUT2D eigenvalue weighted by Crippen LogP contribution is -2.46. The summed E-state index contributed by atoms with van der Waals surface area (Å²) in [4.78, 5) is 16.1. The maximum Gasteiger partial charge on any atom is 0.237 e. The summed E-state index contributed by atoms with van der Waals surface area (Å²) >= 11 is 3.32. The van der Waals surface area contributed by atoms with Crippen LogP contribution in [0.3, 0.4) is 0 Å².